The summed E-state index contributed by atoms with van der Waals surface area (Å²) in [5.41, 5.74) is -0.888. The fourth-order valence-corrected chi connectivity index (χ4v) is 1.54. The Kier molecular flexibility index (Phi) is 4.43. The summed E-state index contributed by atoms with van der Waals surface area (Å²) in [4.78, 5) is 32.7. The minimum atomic E-state index is -1.14. The normalized spacial score (nSPS) is 12.8. The van der Waals surface area contributed by atoms with Gasteiger partial charge in [0, 0.05) is 0 Å². The van der Waals surface area contributed by atoms with E-state index in [2.05, 4.69) is 10.4 Å². The number of carbonyl (C=O) groups is 2. The van der Waals surface area contributed by atoms with Crippen LogP contribution < -0.4 is 5.32 Å². The Morgan fingerprint density at radius 2 is 2.15 bits per heavy atom. The predicted octanol–water partition coefficient (Wildman–Crippen LogP) is 0.407. The van der Waals surface area contributed by atoms with Gasteiger partial charge in [0.05, 0.1) is 4.92 Å². The lowest BCUT2D eigenvalue weighted by Gasteiger charge is -2.27. The quantitative estimate of drug-likeness (QED) is 0.595. The van der Waals surface area contributed by atoms with Crippen molar-refractivity contribution in [2.45, 2.75) is 33.4 Å². The number of carboxylic acid groups (broad SMARTS) is 1. The van der Waals surface area contributed by atoms with Crippen LogP contribution >= 0.6 is 0 Å². The summed E-state index contributed by atoms with van der Waals surface area (Å²) in [6.07, 6.45) is 2.12. The summed E-state index contributed by atoms with van der Waals surface area (Å²) in [5.74, 6) is -1.72. The number of rotatable bonds is 5. The highest BCUT2D eigenvalue weighted by atomic mass is 16.6. The van der Waals surface area contributed by atoms with Crippen LogP contribution in [0.4, 0.5) is 5.69 Å². The van der Waals surface area contributed by atoms with Crippen LogP contribution in [-0.2, 0) is 16.1 Å². The number of carbonyl (C=O) groups excluding carboxylic acids is 1. The van der Waals surface area contributed by atoms with Crippen molar-refractivity contribution in [3.8, 4) is 0 Å². The van der Waals surface area contributed by atoms with Gasteiger partial charge in [0.2, 0.25) is 5.91 Å². The Labute approximate surface area is 114 Å². The van der Waals surface area contributed by atoms with E-state index in [1.165, 1.54) is 0 Å². The van der Waals surface area contributed by atoms with E-state index in [1.807, 2.05) is 0 Å². The van der Waals surface area contributed by atoms with Gasteiger partial charge in [-0.2, -0.15) is 5.10 Å². The number of nitrogens with one attached hydrogen (secondary N) is 1. The largest absolute Gasteiger partial charge is 0.480 e. The van der Waals surface area contributed by atoms with E-state index in [-0.39, 0.29) is 12.2 Å². The third-order valence-corrected chi connectivity index (χ3v) is 2.55. The number of nitrogens with zero attached hydrogens (tertiary/aromatic N) is 3. The highest BCUT2D eigenvalue weighted by Crippen LogP contribution is 2.19. The average molecular weight is 284 g/mol. The van der Waals surface area contributed by atoms with Crippen LogP contribution in [0.1, 0.15) is 20.8 Å². The lowest BCUT2D eigenvalue weighted by molar-refractivity contribution is -0.385. The van der Waals surface area contributed by atoms with Crippen molar-refractivity contribution in [1.82, 2.24) is 15.1 Å². The molecular formula is C11H16N4O5. The Morgan fingerprint density at radius 1 is 1.55 bits per heavy atom. The molecule has 20 heavy (non-hydrogen) atoms. The van der Waals surface area contributed by atoms with E-state index >= 15 is 0 Å². The molecule has 0 saturated carbocycles. The molecule has 0 saturated heterocycles. The van der Waals surface area contributed by atoms with Gasteiger partial charge in [-0.1, -0.05) is 20.8 Å². The lowest BCUT2D eigenvalue weighted by atomic mass is 9.87. The van der Waals surface area contributed by atoms with Crippen LogP contribution in [0.25, 0.3) is 0 Å². The number of hydrogen-bond donors (Lipinski definition) is 2. The maximum absolute atomic E-state index is 11.7. The zero-order valence-corrected chi connectivity index (χ0v) is 11.4. The Hall–Kier alpha value is -2.45. The molecule has 0 aliphatic rings. The number of amides is 1. The van der Waals surface area contributed by atoms with Gasteiger partial charge in [0.25, 0.3) is 0 Å². The van der Waals surface area contributed by atoms with Crippen molar-refractivity contribution in [3.63, 3.8) is 0 Å². The van der Waals surface area contributed by atoms with Gasteiger partial charge in [-0.05, 0) is 5.41 Å². The predicted molar refractivity (Wildman–Crippen MR) is 67.9 cm³/mol. The first-order valence-electron chi connectivity index (χ1n) is 5.80. The number of aliphatic carboxylic acids is 1. The van der Waals surface area contributed by atoms with E-state index in [0.29, 0.717) is 0 Å². The first-order valence-corrected chi connectivity index (χ1v) is 5.80. The highest BCUT2D eigenvalue weighted by molar-refractivity contribution is 5.83. The van der Waals surface area contributed by atoms with Crippen LogP contribution in [0, 0.1) is 15.5 Å². The van der Waals surface area contributed by atoms with Crippen LogP contribution in [-0.4, -0.2) is 37.7 Å². The van der Waals surface area contributed by atoms with E-state index < -0.39 is 28.3 Å². The van der Waals surface area contributed by atoms with Crippen molar-refractivity contribution in [2.75, 3.05) is 0 Å². The van der Waals surface area contributed by atoms with Crippen LogP contribution in [0.2, 0.25) is 0 Å². The van der Waals surface area contributed by atoms with Gasteiger partial charge < -0.3 is 10.4 Å². The Balaban J connectivity index is 2.71. The molecule has 9 nitrogen and oxygen atoms in total. The molecule has 0 fully saturated rings. The molecule has 1 amide bonds. The van der Waals surface area contributed by atoms with Gasteiger partial charge >= 0.3 is 11.7 Å². The van der Waals surface area contributed by atoms with Crippen molar-refractivity contribution in [2.24, 2.45) is 5.41 Å². The average Bonchev–Trinajstić information content (AvgIpc) is 2.72. The summed E-state index contributed by atoms with van der Waals surface area (Å²) >= 11 is 0. The standard InChI is InChI=1S/C11H16N4O5/c1-11(2,3)9(10(17)18)13-8(16)6-14-5-7(4-12-14)15(19)20/h4-5,9H,6H2,1-3H3,(H,13,16)(H,17,18). The molecule has 0 radical (unpaired) electrons. The molecule has 1 unspecified atom stereocenters. The summed E-state index contributed by atoms with van der Waals surface area (Å²) in [7, 11) is 0. The molecule has 1 heterocycles. The van der Waals surface area contributed by atoms with Gasteiger partial charge in [-0.25, -0.2) is 4.79 Å². The topological polar surface area (TPSA) is 127 Å². The highest BCUT2D eigenvalue weighted by Gasteiger charge is 2.32. The first kappa shape index (κ1) is 15.6. The maximum atomic E-state index is 11.7. The molecule has 1 rings (SSSR count). The summed E-state index contributed by atoms with van der Waals surface area (Å²) < 4.78 is 1.08. The molecular weight excluding hydrogens is 268 g/mol. The van der Waals surface area contributed by atoms with E-state index in [1.54, 1.807) is 20.8 Å². The minimum Gasteiger partial charge on any atom is -0.480 e. The monoisotopic (exact) mass is 284 g/mol. The van der Waals surface area contributed by atoms with Crippen LogP contribution in [0.5, 0.6) is 0 Å². The fraction of sp³-hybridized carbons (Fsp3) is 0.545. The molecule has 0 aliphatic heterocycles. The molecule has 2 N–H and O–H groups in total. The number of aromatic nitrogens is 2. The summed E-state index contributed by atoms with van der Waals surface area (Å²) in [6, 6.07) is -1.06. The molecule has 0 bridgehead atoms. The molecule has 9 heteroatoms. The fourth-order valence-electron chi connectivity index (χ4n) is 1.54. The van der Waals surface area contributed by atoms with E-state index in [9.17, 15) is 19.7 Å². The van der Waals surface area contributed by atoms with Crippen molar-refractivity contribution >= 4 is 17.6 Å². The van der Waals surface area contributed by atoms with Gasteiger partial charge in [0.15, 0.2) is 0 Å². The number of hydrogen-bond acceptors (Lipinski definition) is 5. The van der Waals surface area contributed by atoms with Gasteiger partial charge in [-0.3, -0.25) is 19.6 Å². The van der Waals surface area contributed by atoms with Gasteiger partial charge in [0.1, 0.15) is 25.0 Å². The summed E-state index contributed by atoms with van der Waals surface area (Å²) in [5, 5.41) is 25.6. The zero-order chi connectivity index (χ0) is 15.5. The molecule has 0 aromatic carbocycles. The third kappa shape index (κ3) is 4.04. The lowest BCUT2D eigenvalue weighted by Crippen LogP contribution is -2.49. The zero-order valence-electron chi connectivity index (χ0n) is 11.4. The summed E-state index contributed by atoms with van der Waals surface area (Å²) in [6.45, 7) is 4.77. The second-order valence-electron chi connectivity index (χ2n) is 5.36. The Bertz CT molecular complexity index is 531. The maximum Gasteiger partial charge on any atom is 0.326 e. The molecule has 110 valence electrons. The molecule has 0 aliphatic carbocycles. The Morgan fingerprint density at radius 3 is 2.55 bits per heavy atom. The van der Waals surface area contributed by atoms with E-state index in [0.717, 1.165) is 17.1 Å². The first-order chi connectivity index (χ1) is 9.11. The van der Waals surface area contributed by atoms with Crippen LogP contribution in [0.15, 0.2) is 12.4 Å². The molecule has 1 aromatic rings. The third-order valence-electron chi connectivity index (χ3n) is 2.55. The number of carboxylic acids is 1. The minimum absolute atomic E-state index is 0.233. The van der Waals surface area contributed by atoms with E-state index in [4.69, 9.17) is 5.11 Å². The molecule has 0 spiro atoms. The van der Waals surface area contributed by atoms with Gasteiger partial charge in [-0.15, -0.1) is 0 Å². The van der Waals surface area contributed by atoms with Crippen LogP contribution in [0.3, 0.4) is 0 Å². The van der Waals surface area contributed by atoms with Crippen molar-refractivity contribution < 1.29 is 19.6 Å². The van der Waals surface area contributed by atoms with Crippen molar-refractivity contribution in [3.05, 3.63) is 22.5 Å². The van der Waals surface area contributed by atoms with Crippen molar-refractivity contribution in [1.29, 1.82) is 0 Å². The molecule has 1 aromatic heterocycles. The smallest absolute Gasteiger partial charge is 0.326 e. The SMILES string of the molecule is CC(C)(C)C(NC(=O)Cn1cc([N+](=O)[O-])cn1)C(=O)O. The number of nitro groups is 1. The second kappa shape index (κ2) is 5.68. The molecule has 1 atom stereocenters. The second-order valence-corrected chi connectivity index (χ2v) is 5.36.